The van der Waals surface area contributed by atoms with Gasteiger partial charge in [0.1, 0.15) is 35.4 Å². The molecule has 41 heavy (non-hydrogen) atoms. The van der Waals surface area contributed by atoms with Gasteiger partial charge in [0.25, 0.3) is 0 Å². The summed E-state index contributed by atoms with van der Waals surface area (Å²) in [5.41, 5.74) is 7.41. The van der Waals surface area contributed by atoms with Gasteiger partial charge >= 0.3 is 0 Å². The number of hydrogen-bond donors (Lipinski definition) is 0. The summed E-state index contributed by atoms with van der Waals surface area (Å²) in [5.74, 6) is 0. The lowest BCUT2D eigenvalue weighted by atomic mass is 9.66. The first-order valence-electron chi connectivity index (χ1n) is 14.6. The first kappa shape index (κ1) is 25.5. The van der Waals surface area contributed by atoms with Crippen LogP contribution in [-0.2, 0) is 10.8 Å². The monoisotopic (exact) mass is 548 g/mol. The molecule has 0 atom stereocenters. The maximum absolute atomic E-state index is 9.50. The molecule has 0 N–H and O–H groups in total. The number of nitrogens with zero attached hydrogens (tertiary/aromatic N) is 4. The van der Waals surface area contributed by atoms with Crippen molar-refractivity contribution in [3.05, 3.63) is 81.0 Å². The van der Waals surface area contributed by atoms with E-state index < -0.39 is 0 Å². The van der Waals surface area contributed by atoms with Gasteiger partial charge in [-0.1, -0.05) is 50.7 Å². The Morgan fingerprint density at radius 1 is 0.585 bits per heavy atom. The molecule has 0 amide bonds. The Bertz CT molecular complexity index is 1770. The number of hydrogen-bond acceptors (Lipinski definition) is 5. The minimum absolute atomic E-state index is 0.138. The molecule has 2 aromatic carbocycles. The van der Waals surface area contributed by atoms with Crippen LogP contribution in [0.3, 0.4) is 0 Å². The predicted molar refractivity (Wildman–Crippen MR) is 163 cm³/mol. The summed E-state index contributed by atoms with van der Waals surface area (Å²) in [7, 11) is 0. The van der Waals surface area contributed by atoms with Crippen LogP contribution in [0, 0.1) is 45.3 Å². The van der Waals surface area contributed by atoms with Crippen LogP contribution < -0.4 is 0 Å². The smallest absolute Gasteiger partial charge is 0.129 e. The molecule has 198 valence electrons. The van der Waals surface area contributed by atoms with Crippen LogP contribution in [0.2, 0.25) is 0 Å². The molecule has 4 aliphatic carbocycles. The van der Waals surface area contributed by atoms with E-state index in [1.165, 1.54) is 55.3 Å². The Kier molecular flexibility index (Phi) is 5.98. The van der Waals surface area contributed by atoms with Gasteiger partial charge < -0.3 is 0 Å². The van der Waals surface area contributed by atoms with E-state index in [0.717, 1.165) is 62.5 Å². The molecule has 3 aromatic rings. The van der Waals surface area contributed by atoms with Crippen LogP contribution >= 0.6 is 11.3 Å². The first-order chi connectivity index (χ1) is 20.0. The first-order valence-corrected chi connectivity index (χ1v) is 15.4. The van der Waals surface area contributed by atoms with E-state index in [9.17, 15) is 21.0 Å². The molecule has 0 aliphatic heterocycles. The minimum Gasteiger partial charge on any atom is -0.192 e. The van der Waals surface area contributed by atoms with Gasteiger partial charge in [-0.25, -0.2) is 0 Å². The zero-order valence-electron chi connectivity index (χ0n) is 22.9. The van der Waals surface area contributed by atoms with Crippen LogP contribution in [-0.4, -0.2) is 0 Å². The van der Waals surface area contributed by atoms with Crippen LogP contribution in [0.25, 0.3) is 32.3 Å². The molecule has 2 spiro atoms. The molecule has 7 rings (SSSR count). The van der Waals surface area contributed by atoms with Crippen molar-refractivity contribution >= 4 is 43.7 Å². The number of allylic oxidation sites excluding steroid dienone is 6. The summed E-state index contributed by atoms with van der Waals surface area (Å²) < 4.78 is 2.52. The number of fused-ring (bicyclic) bond motifs is 7. The summed E-state index contributed by atoms with van der Waals surface area (Å²) in [4.78, 5) is 0. The maximum atomic E-state index is 9.50. The Labute approximate surface area is 244 Å². The zero-order chi connectivity index (χ0) is 28.2. The van der Waals surface area contributed by atoms with E-state index in [1.54, 1.807) is 0 Å². The molecular formula is C36H28N4S. The van der Waals surface area contributed by atoms with E-state index in [-0.39, 0.29) is 22.0 Å². The van der Waals surface area contributed by atoms with Gasteiger partial charge in [0.15, 0.2) is 0 Å². The van der Waals surface area contributed by atoms with E-state index in [1.807, 2.05) is 23.5 Å². The SMILES string of the molecule is N#CC(C#N)=CC1=Cc2cc3sc4cc5c(cc4c3cc2C12CCCCC2)C1(CCCCC1)C(C=C(C#N)C#N)=C5. The second kappa shape index (κ2) is 9.60. The highest BCUT2D eigenvalue weighted by molar-refractivity contribution is 7.25. The van der Waals surface area contributed by atoms with Crippen molar-refractivity contribution in [2.24, 2.45) is 0 Å². The lowest BCUT2D eigenvalue weighted by Crippen LogP contribution is -2.29. The van der Waals surface area contributed by atoms with Crippen molar-refractivity contribution in [2.75, 3.05) is 0 Å². The summed E-state index contributed by atoms with van der Waals surface area (Å²) in [6.45, 7) is 0. The summed E-state index contributed by atoms with van der Waals surface area (Å²) in [6, 6.07) is 17.8. The van der Waals surface area contributed by atoms with Crippen molar-refractivity contribution in [2.45, 2.75) is 75.0 Å². The summed E-state index contributed by atoms with van der Waals surface area (Å²) in [5, 5.41) is 40.6. The highest BCUT2D eigenvalue weighted by Crippen LogP contribution is 2.56. The van der Waals surface area contributed by atoms with E-state index in [4.69, 9.17) is 0 Å². The molecule has 2 saturated carbocycles. The lowest BCUT2D eigenvalue weighted by molar-refractivity contribution is 0.350. The topological polar surface area (TPSA) is 95.2 Å². The van der Waals surface area contributed by atoms with Crippen molar-refractivity contribution in [1.82, 2.24) is 0 Å². The number of nitriles is 4. The lowest BCUT2D eigenvalue weighted by Gasteiger charge is -2.37. The minimum atomic E-state index is -0.138. The van der Waals surface area contributed by atoms with Gasteiger partial charge in [-0.05, 0) is 95.5 Å². The largest absolute Gasteiger partial charge is 0.192 e. The Hall–Kier alpha value is -4.42. The van der Waals surface area contributed by atoms with Crippen molar-refractivity contribution in [1.29, 1.82) is 21.0 Å². The second-order valence-corrected chi connectivity index (χ2v) is 13.1. The maximum Gasteiger partial charge on any atom is 0.129 e. The van der Waals surface area contributed by atoms with Crippen molar-refractivity contribution in [3.8, 4) is 24.3 Å². The van der Waals surface area contributed by atoms with Gasteiger partial charge in [-0.3, -0.25) is 0 Å². The third kappa shape index (κ3) is 3.74. The molecule has 4 aliphatic rings. The highest BCUT2D eigenvalue weighted by atomic mass is 32.1. The summed E-state index contributed by atoms with van der Waals surface area (Å²) in [6.07, 6.45) is 19.3. The molecule has 0 radical (unpaired) electrons. The van der Waals surface area contributed by atoms with Crippen molar-refractivity contribution in [3.63, 3.8) is 0 Å². The van der Waals surface area contributed by atoms with Gasteiger partial charge in [0, 0.05) is 31.0 Å². The third-order valence-corrected chi connectivity index (χ3v) is 11.2. The van der Waals surface area contributed by atoms with E-state index in [0.29, 0.717) is 0 Å². The fraction of sp³-hybridized carbons (Fsp3) is 0.333. The van der Waals surface area contributed by atoms with Gasteiger partial charge in [0.05, 0.1) is 0 Å². The standard InChI is InChI=1S/C36H28N4S/c37-19-23(20-38)11-27-13-25-15-33-29(17-31(25)35(27)7-3-1-4-8-35)30-18-32-26(16-34(30)41-33)14-28(12-24(21-39)22-40)36(32)9-5-2-6-10-36/h11-18H,1-10H2. The second-order valence-electron chi connectivity index (χ2n) is 12.0. The normalized spacial score (nSPS) is 19.3. The van der Waals surface area contributed by atoms with Crippen LogP contribution in [0.4, 0.5) is 0 Å². The molecule has 5 heteroatoms. The Morgan fingerprint density at radius 3 is 1.34 bits per heavy atom. The fourth-order valence-electron chi connectivity index (χ4n) is 8.17. The molecule has 4 nitrogen and oxygen atoms in total. The number of rotatable bonds is 2. The summed E-state index contributed by atoms with van der Waals surface area (Å²) >= 11 is 1.81. The molecule has 0 saturated heterocycles. The van der Waals surface area contributed by atoms with Crippen LogP contribution in [0.5, 0.6) is 0 Å². The Morgan fingerprint density at radius 2 is 0.976 bits per heavy atom. The predicted octanol–water partition coefficient (Wildman–Crippen LogP) is 9.20. The van der Waals surface area contributed by atoms with Crippen molar-refractivity contribution < 1.29 is 0 Å². The zero-order valence-corrected chi connectivity index (χ0v) is 23.7. The quantitative estimate of drug-likeness (QED) is 0.298. The van der Waals surface area contributed by atoms with Gasteiger partial charge in [0.2, 0.25) is 0 Å². The van der Waals surface area contributed by atoms with Crippen LogP contribution in [0.1, 0.15) is 86.5 Å². The molecule has 1 heterocycles. The third-order valence-electron chi connectivity index (χ3n) is 10.1. The number of thiophene rings is 1. The molecule has 1 aromatic heterocycles. The number of benzene rings is 2. The highest BCUT2D eigenvalue weighted by Gasteiger charge is 2.43. The molecule has 2 fully saturated rings. The van der Waals surface area contributed by atoms with E-state index >= 15 is 0 Å². The fourth-order valence-corrected chi connectivity index (χ4v) is 9.33. The molecular weight excluding hydrogens is 520 g/mol. The van der Waals surface area contributed by atoms with Crippen LogP contribution in [0.15, 0.2) is 58.7 Å². The van der Waals surface area contributed by atoms with Gasteiger partial charge in [-0.15, -0.1) is 11.3 Å². The average Bonchev–Trinajstić information content (AvgIpc) is 3.60. The van der Waals surface area contributed by atoms with E-state index in [2.05, 4.69) is 60.7 Å². The average molecular weight is 549 g/mol. The Balaban J connectivity index is 1.42. The van der Waals surface area contributed by atoms with Gasteiger partial charge in [-0.2, -0.15) is 21.0 Å². The molecule has 0 unspecified atom stereocenters. The molecule has 0 bridgehead atoms.